The van der Waals surface area contributed by atoms with Gasteiger partial charge in [0.15, 0.2) is 0 Å². The van der Waals surface area contributed by atoms with Crippen molar-refractivity contribution in [1.29, 1.82) is 0 Å². The van der Waals surface area contributed by atoms with Crippen molar-refractivity contribution < 1.29 is 17.2 Å². The highest BCUT2D eigenvalue weighted by Crippen LogP contribution is 2.29. The van der Waals surface area contributed by atoms with Crippen molar-refractivity contribution in [1.82, 2.24) is 10.0 Å². The zero-order chi connectivity index (χ0) is 11.5. The van der Waals surface area contributed by atoms with E-state index in [-0.39, 0.29) is 31.8 Å². The van der Waals surface area contributed by atoms with Crippen LogP contribution in [0.25, 0.3) is 0 Å². The van der Waals surface area contributed by atoms with Gasteiger partial charge >= 0.3 is 0 Å². The van der Waals surface area contributed by atoms with Crippen molar-refractivity contribution in [2.24, 2.45) is 5.92 Å². The van der Waals surface area contributed by atoms with Gasteiger partial charge < -0.3 is 5.32 Å². The average Bonchev–Trinajstić information content (AvgIpc) is 2.16. The van der Waals surface area contributed by atoms with Crippen LogP contribution in [0.2, 0.25) is 0 Å². The molecule has 0 spiro atoms. The fourth-order valence-electron chi connectivity index (χ4n) is 1.44. The molecule has 0 aromatic carbocycles. The van der Waals surface area contributed by atoms with Gasteiger partial charge in [0, 0.05) is 32.0 Å². The molecule has 1 heterocycles. The third kappa shape index (κ3) is 3.66. The van der Waals surface area contributed by atoms with Gasteiger partial charge in [-0.25, -0.2) is 21.9 Å². The standard InChI is InChI=1S/C8H16F2N2O2S/c1-2-15(13,14)12-6-7-5-11-4-3-8(7,9)10/h7,11-12H,2-6H2,1H3. The summed E-state index contributed by atoms with van der Waals surface area (Å²) in [5.74, 6) is -3.81. The van der Waals surface area contributed by atoms with Crippen LogP contribution in [0.5, 0.6) is 0 Å². The Bertz CT molecular complexity index is 306. The molecule has 1 saturated heterocycles. The van der Waals surface area contributed by atoms with E-state index in [1.807, 2.05) is 0 Å². The van der Waals surface area contributed by atoms with Crippen molar-refractivity contribution in [2.45, 2.75) is 19.3 Å². The van der Waals surface area contributed by atoms with Crippen LogP contribution >= 0.6 is 0 Å². The highest BCUT2D eigenvalue weighted by atomic mass is 32.2. The zero-order valence-electron chi connectivity index (χ0n) is 8.59. The summed E-state index contributed by atoms with van der Waals surface area (Å²) in [7, 11) is -3.38. The number of sulfonamides is 1. The summed E-state index contributed by atoms with van der Waals surface area (Å²) < 4.78 is 50.9. The first-order chi connectivity index (χ1) is 6.87. The molecule has 0 radical (unpaired) electrons. The van der Waals surface area contributed by atoms with Crippen molar-refractivity contribution in [3.8, 4) is 0 Å². The van der Waals surface area contributed by atoms with Gasteiger partial charge in [0.2, 0.25) is 10.0 Å². The van der Waals surface area contributed by atoms with Crippen LogP contribution < -0.4 is 10.0 Å². The molecule has 0 bridgehead atoms. The molecule has 1 aliphatic heterocycles. The summed E-state index contributed by atoms with van der Waals surface area (Å²) in [5.41, 5.74) is 0. The largest absolute Gasteiger partial charge is 0.316 e. The molecule has 0 aliphatic carbocycles. The molecular formula is C8H16F2N2O2S. The highest BCUT2D eigenvalue weighted by Gasteiger charge is 2.41. The fourth-order valence-corrected chi connectivity index (χ4v) is 2.10. The second-order valence-electron chi connectivity index (χ2n) is 3.66. The summed E-state index contributed by atoms with van der Waals surface area (Å²) in [6, 6.07) is 0. The summed E-state index contributed by atoms with van der Waals surface area (Å²) in [6.07, 6.45) is -0.231. The second-order valence-corrected chi connectivity index (χ2v) is 5.76. The van der Waals surface area contributed by atoms with Crippen LogP contribution in [0.15, 0.2) is 0 Å². The molecule has 90 valence electrons. The highest BCUT2D eigenvalue weighted by molar-refractivity contribution is 7.89. The number of halogens is 2. The van der Waals surface area contributed by atoms with Crippen LogP contribution in [0.3, 0.4) is 0 Å². The molecule has 0 aromatic heterocycles. The third-order valence-electron chi connectivity index (χ3n) is 2.55. The van der Waals surface area contributed by atoms with E-state index in [4.69, 9.17) is 0 Å². The molecule has 4 nitrogen and oxygen atoms in total. The predicted octanol–water partition coefficient (Wildman–Crippen LogP) is 0.170. The first kappa shape index (κ1) is 12.8. The zero-order valence-corrected chi connectivity index (χ0v) is 9.41. The molecule has 0 amide bonds. The Morgan fingerprint density at radius 1 is 1.53 bits per heavy atom. The number of piperidine rings is 1. The second kappa shape index (κ2) is 4.71. The average molecular weight is 242 g/mol. The Labute approximate surface area is 88.5 Å². The van der Waals surface area contributed by atoms with Gasteiger partial charge in [-0.05, 0) is 6.92 Å². The molecule has 1 unspecified atom stereocenters. The number of rotatable bonds is 4. The van der Waals surface area contributed by atoms with Crippen molar-refractivity contribution >= 4 is 10.0 Å². The van der Waals surface area contributed by atoms with Crippen LogP contribution in [0, 0.1) is 5.92 Å². The van der Waals surface area contributed by atoms with E-state index in [0.717, 1.165) is 0 Å². The molecule has 1 fully saturated rings. The molecule has 1 rings (SSSR count). The molecule has 0 saturated carbocycles. The topological polar surface area (TPSA) is 58.2 Å². The summed E-state index contributed by atoms with van der Waals surface area (Å²) in [4.78, 5) is 0. The molecule has 2 N–H and O–H groups in total. The maximum absolute atomic E-state index is 13.3. The van der Waals surface area contributed by atoms with E-state index >= 15 is 0 Å². The van der Waals surface area contributed by atoms with Gasteiger partial charge in [0.25, 0.3) is 5.92 Å². The van der Waals surface area contributed by atoms with Gasteiger partial charge in [-0.15, -0.1) is 0 Å². The molecule has 1 aliphatic rings. The van der Waals surface area contributed by atoms with Crippen LogP contribution in [0.4, 0.5) is 8.78 Å². The quantitative estimate of drug-likeness (QED) is 0.739. The minimum Gasteiger partial charge on any atom is -0.316 e. The van der Waals surface area contributed by atoms with Gasteiger partial charge in [-0.2, -0.15) is 0 Å². The van der Waals surface area contributed by atoms with Gasteiger partial charge in [-0.3, -0.25) is 0 Å². The minimum absolute atomic E-state index is 0.0846. The number of hydrogen-bond donors (Lipinski definition) is 2. The molecular weight excluding hydrogens is 226 g/mol. The molecule has 15 heavy (non-hydrogen) atoms. The van der Waals surface area contributed by atoms with Gasteiger partial charge in [-0.1, -0.05) is 0 Å². The van der Waals surface area contributed by atoms with E-state index in [1.165, 1.54) is 6.92 Å². The van der Waals surface area contributed by atoms with E-state index in [0.29, 0.717) is 0 Å². The lowest BCUT2D eigenvalue weighted by atomic mass is 9.95. The number of alkyl halides is 2. The smallest absolute Gasteiger partial charge is 0.254 e. The summed E-state index contributed by atoms with van der Waals surface area (Å²) in [5, 5.41) is 2.83. The molecule has 7 heteroatoms. The Kier molecular flexibility index (Phi) is 4.02. The lowest BCUT2D eigenvalue weighted by molar-refractivity contribution is -0.0753. The maximum atomic E-state index is 13.3. The van der Waals surface area contributed by atoms with E-state index in [2.05, 4.69) is 10.0 Å². The van der Waals surface area contributed by atoms with Crippen molar-refractivity contribution in [2.75, 3.05) is 25.4 Å². The normalized spacial score (nSPS) is 26.5. The summed E-state index contributed by atoms with van der Waals surface area (Å²) >= 11 is 0. The summed E-state index contributed by atoms with van der Waals surface area (Å²) in [6.45, 7) is 1.71. The van der Waals surface area contributed by atoms with Crippen molar-refractivity contribution in [3.05, 3.63) is 0 Å². The van der Waals surface area contributed by atoms with E-state index in [9.17, 15) is 17.2 Å². The predicted molar refractivity (Wildman–Crippen MR) is 53.4 cm³/mol. The SMILES string of the molecule is CCS(=O)(=O)NCC1CNCCC1(F)F. The van der Waals surface area contributed by atoms with Crippen molar-refractivity contribution in [3.63, 3.8) is 0 Å². The first-order valence-electron chi connectivity index (χ1n) is 4.93. The number of hydrogen-bond acceptors (Lipinski definition) is 3. The minimum atomic E-state index is -3.38. The van der Waals surface area contributed by atoms with Crippen LogP contribution in [-0.2, 0) is 10.0 Å². The molecule has 1 atom stereocenters. The Morgan fingerprint density at radius 2 is 2.20 bits per heavy atom. The Morgan fingerprint density at radius 3 is 2.73 bits per heavy atom. The lowest BCUT2D eigenvalue weighted by Crippen LogP contribution is -2.49. The Balaban J connectivity index is 2.50. The first-order valence-corrected chi connectivity index (χ1v) is 6.58. The molecule has 0 aromatic rings. The van der Waals surface area contributed by atoms with Gasteiger partial charge in [0.05, 0.1) is 5.75 Å². The van der Waals surface area contributed by atoms with Crippen LogP contribution in [0.1, 0.15) is 13.3 Å². The fraction of sp³-hybridized carbons (Fsp3) is 1.00. The Hall–Kier alpha value is -0.270. The van der Waals surface area contributed by atoms with E-state index < -0.39 is 21.9 Å². The number of nitrogens with one attached hydrogen (secondary N) is 2. The van der Waals surface area contributed by atoms with Gasteiger partial charge in [0.1, 0.15) is 0 Å². The van der Waals surface area contributed by atoms with Crippen LogP contribution in [-0.4, -0.2) is 39.7 Å². The monoisotopic (exact) mass is 242 g/mol. The van der Waals surface area contributed by atoms with E-state index in [1.54, 1.807) is 0 Å². The third-order valence-corrected chi connectivity index (χ3v) is 3.92. The maximum Gasteiger partial charge on any atom is 0.254 e. The lowest BCUT2D eigenvalue weighted by Gasteiger charge is -2.31.